The molecule has 2 N–H and O–H groups in total. The van der Waals surface area contributed by atoms with Gasteiger partial charge in [-0.3, -0.25) is 4.79 Å². The lowest BCUT2D eigenvalue weighted by Gasteiger charge is -2.14. The van der Waals surface area contributed by atoms with Crippen LogP contribution in [0.4, 0.5) is 5.69 Å². The van der Waals surface area contributed by atoms with Gasteiger partial charge in [0.15, 0.2) is 0 Å². The molecule has 0 radical (unpaired) electrons. The Bertz CT molecular complexity index is 909. The van der Waals surface area contributed by atoms with Gasteiger partial charge in [-0.1, -0.05) is 6.92 Å². The fraction of sp³-hybridized carbons (Fsp3) is 0.350. The molecule has 0 aliphatic carbocycles. The van der Waals surface area contributed by atoms with Crippen molar-refractivity contribution in [2.24, 2.45) is 0 Å². The molecule has 8 heteroatoms. The smallest absolute Gasteiger partial charge is 0.255 e. The number of benzene rings is 2. The fourth-order valence-corrected chi connectivity index (χ4v) is 3.72. The number of hydrogen-bond acceptors (Lipinski definition) is 5. The van der Waals surface area contributed by atoms with E-state index in [2.05, 4.69) is 10.0 Å². The number of carbonyl (C=O) groups is 1. The summed E-state index contributed by atoms with van der Waals surface area (Å²) < 4.78 is 38.1. The number of ether oxygens (including phenoxy) is 2. The average Bonchev–Trinajstić information content (AvgIpc) is 2.65. The van der Waals surface area contributed by atoms with Crippen molar-refractivity contribution in [3.8, 4) is 11.5 Å². The molecule has 152 valence electrons. The van der Waals surface area contributed by atoms with E-state index in [0.717, 1.165) is 6.42 Å². The second kappa shape index (κ2) is 9.57. The molecular formula is C20H26N2O5S. The Morgan fingerprint density at radius 1 is 1.11 bits per heavy atom. The number of methoxy groups -OCH3 is 1. The van der Waals surface area contributed by atoms with Gasteiger partial charge in [0.1, 0.15) is 11.5 Å². The molecule has 2 aromatic carbocycles. The van der Waals surface area contributed by atoms with Crippen LogP contribution in [0.5, 0.6) is 11.5 Å². The number of amides is 1. The number of anilines is 1. The number of carbonyl (C=O) groups excluding carboxylic acids is 1. The third-order valence-corrected chi connectivity index (χ3v) is 5.37. The molecule has 0 saturated carbocycles. The molecule has 0 aliphatic rings. The Kier molecular flexibility index (Phi) is 7.42. The molecule has 28 heavy (non-hydrogen) atoms. The maximum absolute atomic E-state index is 12.6. The van der Waals surface area contributed by atoms with E-state index in [1.54, 1.807) is 38.1 Å². The van der Waals surface area contributed by atoms with Crippen molar-refractivity contribution in [1.82, 2.24) is 4.72 Å². The first-order chi connectivity index (χ1) is 13.3. The van der Waals surface area contributed by atoms with E-state index in [-0.39, 0.29) is 22.5 Å². The van der Waals surface area contributed by atoms with Crippen LogP contribution in [0, 0.1) is 0 Å². The molecule has 2 rings (SSSR count). The van der Waals surface area contributed by atoms with E-state index in [1.807, 2.05) is 6.92 Å². The monoisotopic (exact) mass is 406 g/mol. The molecule has 0 spiro atoms. The molecule has 0 unspecified atom stereocenters. The van der Waals surface area contributed by atoms with Gasteiger partial charge >= 0.3 is 0 Å². The van der Waals surface area contributed by atoms with Gasteiger partial charge in [0, 0.05) is 11.6 Å². The summed E-state index contributed by atoms with van der Waals surface area (Å²) in [4.78, 5) is 12.6. The van der Waals surface area contributed by atoms with E-state index >= 15 is 0 Å². The van der Waals surface area contributed by atoms with Crippen LogP contribution in [0.2, 0.25) is 0 Å². The van der Waals surface area contributed by atoms with E-state index in [1.165, 1.54) is 25.3 Å². The average molecular weight is 407 g/mol. The molecule has 0 bridgehead atoms. The summed E-state index contributed by atoms with van der Waals surface area (Å²) in [7, 11) is -2.25. The molecule has 0 saturated heterocycles. The second-order valence-corrected chi connectivity index (χ2v) is 8.18. The first-order valence-corrected chi connectivity index (χ1v) is 10.5. The SMILES string of the molecule is CCCOc1ccc(C(=O)Nc2cc(S(=O)(=O)NC(C)C)ccc2OC)cc1. The van der Waals surface area contributed by atoms with Gasteiger partial charge in [0.25, 0.3) is 5.91 Å². The first-order valence-electron chi connectivity index (χ1n) is 9.01. The van der Waals surface area contributed by atoms with Crippen LogP contribution < -0.4 is 19.5 Å². The summed E-state index contributed by atoms with van der Waals surface area (Å²) in [6.07, 6.45) is 0.896. The maximum Gasteiger partial charge on any atom is 0.255 e. The molecule has 0 aromatic heterocycles. The summed E-state index contributed by atoms with van der Waals surface area (Å²) in [5.74, 6) is 0.662. The predicted octanol–water partition coefficient (Wildman–Crippen LogP) is 3.42. The van der Waals surface area contributed by atoms with Crippen molar-refractivity contribution in [3.63, 3.8) is 0 Å². The molecular weight excluding hydrogens is 380 g/mol. The third kappa shape index (κ3) is 5.71. The summed E-state index contributed by atoms with van der Waals surface area (Å²) in [6.45, 7) is 6.09. The van der Waals surface area contributed by atoms with Crippen molar-refractivity contribution in [2.75, 3.05) is 19.0 Å². The van der Waals surface area contributed by atoms with Crippen molar-refractivity contribution in [2.45, 2.75) is 38.1 Å². The summed E-state index contributed by atoms with van der Waals surface area (Å²) in [5, 5.41) is 2.71. The number of rotatable bonds is 9. The quantitative estimate of drug-likeness (QED) is 0.665. The van der Waals surface area contributed by atoms with Gasteiger partial charge < -0.3 is 14.8 Å². The van der Waals surface area contributed by atoms with Gasteiger partial charge in [0.05, 0.1) is 24.3 Å². The van der Waals surface area contributed by atoms with Crippen molar-refractivity contribution >= 4 is 21.6 Å². The zero-order chi connectivity index (χ0) is 20.7. The highest BCUT2D eigenvalue weighted by Crippen LogP contribution is 2.28. The first kappa shape index (κ1) is 21.7. The van der Waals surface area contributed by atoms with Crippen LogP contribution in [0.1, 0.15) is 37.6 Å². The molecule has 0 aliphatic heterocycles. The largest absolute Gasteiger partial charge is 0.495 e. The Morgan fingerprint density at radius 3 is 2.36 bits per heavy atom. The van der Waals surface area contributed by atoms with Crippen LogP contribution in [-0.2, 0) is 10.0 Å². The molecule has 7 nitrogen and oxygen atoms in total. The van der Waals surface area contributed by atoms with E-state index < -0.39 is 10.0 Å². The van der Waals surface area contributed by atoms with Crippen LogP contribution in [0.15, 0.2) is 47.4 Å². The lowest BCUT2D eigenvalue weighted by Crippen LogP contribution is -2.30. The summed E-state index contributed by atoms with van der Waals surface area (Å²) in [5.41, 5.74) is 0.685. The van der Waals surface area contributed by atoms with Gasteiger partial charge in [0.2, 0.25) is 10.0 Å². The fourth-order valence-electron chi connectivity index (χ4n) is 2.45. The number of sulfonamides is 1. The van der Waals surface area contributed by atoms with E-state index in [9.17, 15) is 13.2 Å². The van der Waals surface area contributed by atoms with Gasteiger partial charge in [-0.15, -0.1) is 0 Å². The molecule has 0 fully saturated rings. The Labute approximate surface area is 166 Å². The highest BCUT2D eigenvalue weighted by molar-refractivity contribution is 7.89. The number of hydrogen-bond donors (Lipinski definition) is 2. The standard InChI is InChI=1S/C20H26N2O5S/c1-5-12-27-16-8-6-15(7-9-16)20(23)21-18-13-17(10-11-19(18)26-4)28(24,25)22-14(2)3/h6-11,13-14,22H,5,12H2,1-4H3,(H,21,23). The topological polar surface area (TPSA) is 93.7 Å². The normalized spacial score (nSPS) is 11.3. The third-order valence-electron chi connectivity index (χ3n) is 3.71. The van der Waals surface area contributed by atoms with Crippen molar-refractivity contribution in [1.29, 1.82) is 0 Å². The highest BCUT2D eigenvalue weighted by atomic mass is 32.2. The van der Waals surface area contributed by atoms with Crippen LogP contribution in [0.3, 0.4) is 0 Å². The lowest BCUT2D eigenvalue weighted by atomic mass is 10.2. The number of nitrogens with one attached hydrogen (secondary N) is 2. The minimum atomic E-state index is -3.70. The van der Waals surface area contributed by atoms with Crippen molar-refractivity contribution < 1.29 is 22.7 Å². The molecule has 2 aromatic rings. The Hall–Kier alpha value is -2.58. The van der Waals surface area contributed by atoms with Gasteiger partial charge in [-0.25, -0.2) is 13.1 Å². The van der Waals surface area contributed by atoms with E-state index in [4.69, 9.17) is 9.47 Å². The van der Waals surface area contributed by atoms with E-state index in [0.29, 0.717) is 23.7 Å². The molecule has 0 heterocycles. The molecule has 0 atom stereocenters. The zero-order valence-electron chi connectivity index (χ0n) is 16.5. The highest BCUT2D eigenvalue weighted by Gasteiger charge is 2.19. The van der Waals surface area contributed by atoms with Gasteiger partial charge in [-0.05, 0) is 62.7 Å². The predicted molar refractivity (Wildman–Crippen MR) is 109 cm³/mol. The van der Waals surface area contributed by atoms with Gasteiger partial charge in [-0.2, -0.15) is 0 Å². The summed E-state index contributed by atoms with van der Waals surface area (Å²) >= 11 is 0. The second-order valence-electron chi connectivity index (χ2n) is 6.47. The van der Waals surface area contributed by atoms with Crippen molar-refractivity contribution in [3.05, 3.63) is 48.0 Å². The van der Waals surface area contributed by atoms with Crippen LogP contribution >= 0.6 is 0 Å². The van der Waals surface area contributed by atoms with Crippen LogP contribution in [0.25, 0.3) is 0 Å². The Balaban J connectivity index is 2.24. The maximum atomic E-state index is 12.6. The summed E-state index contributed by atoms with van der Waals surface area (Å²) in [6, 6.07) is 10.8. The zero-order valence-corrected chi connectivity index (χ0v) is 17.3. The lowest BCUT2D eigenvalue weighted by molar-refractivity contribution is 0.102. The minimum Gasteiger partial charge on any atom is -0.495 e. The van der Waals surface area contributed by atoms with Crippen LogP contribution in [-0.4, -0.2) is 34.1 Å². The minimum absolute atomic E-state index is 0.0422. The molecule has 1 amide bonds. The Morgan fingerprint density at radius 2 is 1.79 bits per heavy atom.